The smallest absolute Gasteiger partial charge is 0.0769 e. The third-order valence-corrected chi connectivity index (χ3v) is 7.30. The molecule has 24 heavy (non-hydrogen) atoms. The minimum absolute atomic E-state index is 0.820. The van der Waals surface area contributed by atoms with Gasteiger partial charge < -0.3 is 0 Å². The van der Waals surface area contributed by atoms with Crippen LogP contribution in [-0.4, -0.2) is 5.16 Å². The summed E-state index contributed by atoms with van der Waals surface area (Å²) >= 11 is 8.52. The number of aryl methyl sites for hydroxylation is 1. The number of rotatable bonds is 4. The van der Waals surface area contributed by atoms with Crippen molar-refractivity contribution in [2.24, 2.45) is 4.99 Å². The van der Waals surface area contributed by atoms with Gasteiger partial charge in [-0.2, -0.15) is 4.99 Å². The van der Waals surface area contributed by atoms with E-state index in [1.54, 1.807) is 4.88 Å². The van der Waals surface area contributed by atoms with Gasteiger partial charge in [0.05, 0.1) is 10.8 Å². The first-order chi connectivity index (χ1) is 11.7. The first kappa shape index (κ1) is 15.9. The minimum atomic E-state index is 0.820. The van der Waals surface area contributed by atoms with E-state index < -0.39 is 0 Å². The number of hydrogen-bond acceptors (Lipinski definition) is 4. The Labute approximate surface area is 155 Å². The largest absolute Gasteiger partial charge is 0.194 e. The van der Waals surface area contributed by atoms with Crippen molar-refractivity contribution in [3.05, 3.63) is 52.9 Å². The van der Waals surface area contributed by atoms with Crippen LogP contribution >= 0.6 is 34.9 Å². The molecule has 0 bridgehead atoms. The molecule has 0 aliphatic heterocycles. The monoisotopic (exact) mass is 367 g/mol. The van der Waals surface area contributed by atoms with Crippen molar-refractivity contribution >= 4 is 45.7 Å². The molecular formula is C20H17NS3. The zero-order valence-electron chi connectivity index (χ0n) is 13.4. The maximum absolute atomic E-state index is 4.70. The van der Waals surface area contributed by atoms with E-state index in [1.807, 2.05) is 28.7 Å². The molecule has 1 aliphatic carbocycles. The fourth-order valence-electron chi connectivity index (χ4n) is 3.01. The summed E-state index contributed by atoms with van der Waals surface area (Å²) in [5.41, 5.74) is 3.26. The zero-order valence-corrected chi connectivity index (χ0v) is 15.9. The van der Waals surface area contributed by atoms with Gasteiger partial charge in [0.2, 0.25) is 0 Å². The van der Waals surface area contributed by atoms with Gasteiger partial charge in [-0.05, 0) is 85.4 Å². The van der Waals surface area contributed by atoms with Crippen LogP contribution in [0.5, 0.6) is 0 Å². The number of benzene rings is 1. The summed E-state index contributed by atoms with van der Waals surface area (Å²) < 4.78 is 0. The highest BCUT2D eigenvalue weighted by Gasteiger charge is 2.21. The van der Waals surface area contributed by atoms with Crippen LogP contribution < -0.4 is 0 Å². The Bertz CT molecular complexity index is 924. The number of isothiocyanates is 1. The van der Waals surface area contributed by atoms with Gasteiger partial charge in [-0.1, -0.05) is 12.5 Å². The first-order valence-corrected chi connectivity index (χ1v) is 10.2. The highest BCUT2D eigenvalue weighted by Crippen LogP contribution is 2.44. The predicted molar refractivity (Wildman–Crippen MR) is 109 cm³/mol. The van der Waals surface area contributed by atoms with E-state index in [-0.39, 0.29) is 0 Å². The van der Waals surface area contributed by atoms with Gasteiger partial charge in [0.1, 0.15) is 0 Å². The molecule has 1 aliphatic rings. The molecule has 2 aromatic heterocycles. The summed E-state index contributed by atoms with van der Waals surface area (Å²) in [6.07, 6.45) is 4.13. The van der Waals surface area contributed by atoms with Gasteiger partial charge in [-0.25, -0.2) is 0 Å². The summed E-state index contributed by atoms with van der Waals surface area (Å²) in [6.45, 7) is 2.06. The normalized spacial score (nSPS) is 14.2. The average molecular weight is 368 g/mol. The van der Waals surface area contributed by atoms with Crippen molar-refractivity contribution in [1.82, 2.24) is 0 Å². The van der Waals surface area contributed by atoms with Gasteiger partial charge in [0.25, 0.3) is 0 Å². The van der Waals surface area contributed by atoms with Crippen LogP contribution in [0.1, 0.15) is 35.6 Å². The summed E-state index contributed by atoms with van der Waals surface area (Å²) in [5, 5.41) is 2.44. The Balaban J connectivity index is 1.61. The lowest BCUT2D eigenvalue weighted by molar-refractivity contribution is 0.426. The van der Waals surface area contributed by atoms with Crippen molar-refractivity contribution in [3.8, 4) is 20.2 Å². The number of thiocarbonyl (C=S) groups is 1. The number of thiophene rings is 2. The molecule has 1 saturated carbocycles. The molecule has 3 aromatic rings. The van der Waals surface area contributed by atoms with Crippen molar-refractivity contribution in [2.75, 3.05) is 0 Å². The minimum Gasteiger partial charge on any atom is -0.194 e. The second kappa shape index (κ2) is 6.73. The standard InChI is InChI=1S/C20H17NS3/c1-13-11-15(5-6-16(13)21-12-22)18-8-10-20(24-18)19-9-7-17(23-19)14-3-2-4-14/h5-11,14H,2-4H2,1H3. The molecule has 4 heteroatoms. The summed E-state index contributed by atoms with van der Waals surface area (Å²) in [4.78, 5) is 9.71. The van der Waals surface area contributed by atoms with E-state index in [0.29, 0.717) is 0 Å². The highest BCUT2D eigenvalue weighted by molar-refractivity contribution is 7.78. The van der Waals surface area contributed by atoms with Gasteiger partial charge >= 0.3 is 0 Å². The Hall–Kier alpha value is -1.58. The van der Waals surface area contributed by atoms with E-state index in [1.165, 1.54) is 39.5 Å². The van der Waals surface area contributed by atoms with E-state index >= 15 is 0 Å². The number of aliphatic imine (C=N–C) groups is 1. The molecule has 4 rings (SSSR count). The second-order valence-corrected chi connectivity index (χ2v) is 8.58. The quantitative estimate of drug-likeness (QED) is 0.344. The highest BCUT2D eigenvalue weighted by atomic mass is 32.1. The molecule has 0 radical (unpaired) electrons. The first-order valence-electron chi connectivity index (χ1n) is 8.13. The molecule has 2 heterocycles. The van der Waals surface area contributed by atoms with Crippen LogP contribution in [0.4, 0.5) is 5.69 Å². The molecule has 120 valence electrons. The predicted octanol–water partition coefficient (Wildman–Crippen LogP) is 7.45. The molecule has 0 N–H and O–H groups in total. The summed E-state index contributed by atoms with van der Waals surface area (Å²) in [6, 6.07) is 15.4. The van der Waals surface area contributed by atoms with Crippen LogP contribution in [0.3, 0.4) is 0 Å². The summed E-state index contributed by atoms with van der Waals surface area (Å²) in [5.74, 6) is 0.820. The van der Waals surface area contributed by atoms with Crippen molar-refractivity contribution in [1.29, 1.82) is 0 Å². The van der Waals surface area contributed by atoms with Gasteiger partial charge in [-0.3, -0.25) is 0 Å². The zero-order chi connectivity index (χ0) is 16.5. The van der Waals surface area contributed by atoms with Crippen LogP contribution in [0.15, 0.2) is 47.5 Å². The molecule has 1 aromatic carbocycles. The van der Waals surface area contributed by atoms with Crippen LogP contribution in [0, 0.1) is 6.92 Å². The van der Waals surface area contributed by atoms with Crippen molar-refractivity contribution < 1.29 is 0 Å². The van der Waals surface area contributed by atoms with Gasteiger partial charge in [0.15, 0.2) is 0 Å². The Morgan fingerprint density at radius 3 is 2.46 bits per heavy atom. The topological polar surface area (TPSA) is 12.4 Å². The fourth-order valence-corrected chi connectivity index (χ4v) is 5.37. The molecule has 0 atom stereocenters. The van der Waals surface area contributed by atoms with Crippen LogP contribution in [0.2, 0.25) is 0 Å². The maximum atomic E-state index is 4.70. The second-order valence-electron chi connectivity index (χ2n) is 6.20. The molecule has 1 fully saturated rings. The van der Waals surface area contributed by atoms with E-state index in [9.17, 15) is 0 Å². The lowest BCUT2D eigenvalue weighted by Crippen LogP contribution is -2.06. The third kappa shape index (κ3) is 3.03. The molecule has 0 saturated heterocycles. The van der Waals surface area contributed by atoms with Crippen molar-refractivity contribution in [3.63, 3.8) is 0 Å². The van der Waals surface area contributed by atoms with Gasteiger partial charge in [-0.15, -0.1) is 22.7 Å². The van der Waals surface area contributed by atoms with Crippen LogP contribution in [-0.2, 0) is 0 Å². The average Bonchev–Trinajstić information content (AvgIpc) is 3.17. The Morgan fingerprint density at radius 2 is 1.75 bits per heavy atom. The Morgan fingerprint density at radius 1 is 1.00 bits per heavy atom. The van der Waals surface area contributed by atoms with Crippen LogP contribution in [0.25, 0.3) is 20.2 Å². The Kier molecular flexibility index (Phi) is 4.47. The molecule has 0 amide bonds. The summed E-state index contributed by atoms with van der Waals surface area (Å²) in [7, 11) is 0. The van der Waals surface area contributed by atoms with E-state index in [0.717, 1.165) is 17.2 Å². The van der Waals surface area contributed by atoms with Crippen molar-refractivity contribution in [2.45, 2.75) is 32.1 Å². The molecular weight excluding hydrogens is 350 g/mol. The SMILES string of the molecule is Cc1cc(-c2ccc(-c3ccc(C4CCC4)s3)s2)ccc1N=C=S. The van der Waals surface area contributed by atoms with Gasteiger partial charge in [0, 0.05) is 19.5 Å². The maximum Gasteiger partial charge on any atom is 0.0769 e. The number of hydrogen-bond donors (Lipinski definition) is 0. The fraction of sp³-hybridized carbons (Fsp3) is 0.250. The van der Waals surface area contributed by atoms with E-state index in [4.69, 9.17) is 12.2 Å². The van der Waals surface area contributed by atoms with E-state index in [2.05, 4.69) is 53.5 Å². The number of nitrogens with zero attached hydrogens (tertiary/aromatic N) is 1. The molecule has 0 spiro atoms. The lowest BCUT2D eigenvalue weighted by atomic mass is 9.84. The third-order valence-electron chi connectivity index (χ3n) is 4.63. The lowest BCUT2D eigenvalue weighted by Gasteiger charge is -2.23. The molecule has 0 unspecified atom stereocenters. The molecule has 1 nitrogen and oxygen atoms in total.